The van der Waals surface area contributed by atoms with Gasteiger partial charge in [-0.25, -0.2) is 9.37 Å². The molecule has 0 bridgehead atoms. The van der Waals surface area contributed by atoms with E-state index in [4.69, 9.17) is 18.9 Å². The van der Waals surface area contributed by atoms with Crippen LogP contribution in [0.1, 0.15) is 12.5 Å². The first kappa shape index (κ1) is 28.8. The fourth-order valence-electron chi connectivity index (χ4n) is 4.54. The number of nitrogens with one attached hydrogen (secondary N) is 1. The summed E-state index contributed by atoms with van der Waals surface area (Å²) in [7, 11) is 0. The molecule has 0 unspecified atom stereocenters. The lowest BCUT2D eigenvalue weighted by Gasteiger charge is -2.14. The van der Waals surface area contributed by atoms with Crippen molar-refractivity contribution in [2.45, 2.75) is 6.92 Å². The van der Waals surface area contributed by atoms with Crippen molar-refractivity contribution in [3.8, 4) is 23.1 Å². The Hall–Kier alpha value is -5.29. The van der Waals surface area contributed by atoms with Crippen molar-refractivity contribution < 1.29 is 23.1 Å². The number of halogens is 2. The molecule has 0 saturated heterocycles. The zero-order valence-corrected chi connectivity index (χ0v) is 24.9. The summed E-state index contributed by atoms with van der Waals surface area (Å²) in [5.74, 6) is 0.359. The Morgan fingerprint density at radius 2 is 1.82 bits per heavy atom. The number of aromatic nitrogens is 2. The number of fused-ring (bicyclic) bond motifs is 2. The van der Waals surface area contributed by atoms with Crippen LogP contribution in [0, 0.1) is 5.82 Å². The Kier molecular flexibility index (Phi) is 8.20. The largest absolute Gasteiger partial charge is 0.490 e. The van der Waals surface area contributed by atoms with E-state index in [1.54, 1.807) is 36.4 Å². The normalized spacial score (nSPS) is 11.3. The SMILES string of the molecule is CCOc1cc(C=Nn2c(-c3cc4ccccc4o3)nc3ccccc3c2=O)c(Br)cc1OCC(=O)Nc1cccc(F)c1. The molecular weight excluding hydrogens is 631 g/mol. The zero-order valence-electron chi connectivity index (χ0n) is 23.3. The molecule has 220 valence electrons. The Balaban J connectivity index is 1.32. The lowest BCUT2D eigenvalue weighted by atomic mass is 10.2. The number of nitrogens with zero attached hydrogens (tertiary/aromatic N) is 3. The second-order valence-corrected chi connectivity index (χ2v) is 10.4. The molecule has 6 rings (SSSR count). The number of para-hydroxylation sites is 2. The minimum absolute atomic E-state index is 0.242. The van der Waals surface area contributed by atoms with Crippen molar-refractivity contribution in [2.24, 2.45) is 5.10 Å². The fourth-order valence-corrected chi connectivity index (χ4v) is 4.96. The van der Waals surface area contributed by atoms with Crippen LogP contribution in [0.2, 0.25) is 0 Å². The fraction of sp³-hybridized carbons (Fsp3) is 0.0909. The summed E-state index contributed by atoms with van der Waals surface area (Å²) < 4.78 is 32.8. The van der Waals surface area contributed by atoms with Crippen LogP contribution in [0.15, 0.2) is 110 Å². The van der Waals surface area contributed by atoms with Gasteiger partial charge in [0.1, 0.15) is 11.4 Å². The number of furan rings is 1. The zero-order chi connectivity index (χ0) is 30.6. The van der Waals surface area contributed by atoms with Gasteiger partial charge in [0.05, 0.1) is 23.7 Å². The molecular formula is C33H24BrFN4O5. The molecule has 1 N–H and O–H groups in total. The average Bonchev–Trinajstić information content (AvgIpc) is 3.45. The maximum absolute atomic E-state index is 13.6. The van der Waals surface area contributed by atoms with Gasteiger partial charge < -0.3 is 19.2 Å². The van der Waals surface area contributed by atoms with E-state index in [9.17, 15) is 14.0 Å². The maximum Gasteiger partial charge on any atom is 0.282 e. The number of rotatable bonds is 9. The Bertz CT molecular complexity index is 2070. The Morgan fingerprint density at radius 3 is 2.64 bits per heavy atom. The first-order valence-electron chi connectivity index (χ1n) is 13.6. The minimum atomic E-state index is -0.471. The van der Waals surface area contributed by atoms with Gasteiger partial charge in [0.15, 0.2) is 23.9 Å². The summed E-state index contributed by atoms with van der Waals surface area (Å²) in [6.45, 7) is 1.81. The highest BCUT2D eigenvalue weighted by Crippen LogP contribution is 2.34. The van der Waals surface area contributed by atoms with E-state index in [0.29, 0.717) is 56.1 Å². The van der Waals surface area contributed by atoms with Crippen molar-refractivity contribution in [2.75, 3.05) is 18.5 Å². The number of carbonyl (C=O) groups excluding carboxylic acids is 1. The van der Waals surface area contributed by atoms with E-state index in [-0.39, 0.29) is 18.0 Å². The first-order chi connectivity index (χ1) is 21.4. The predicted octanol–water partition coefficient (Wildman–Crippen LogP) is 7.01. The van der Waals surface area contributed by atoms with Crippen LogP contribution in [0.5, 0.6) is 11.5 Å². The number of hydrogen-bond acceptors (Lipinski definition) is 7. The van der Waals surface area contributed by atoms with Gasteiger partial charge in [0.2, 0.25) is 5.82 Å². The average molecular weight is 655 g/mol. The number of hydrogen-bond donors (Lipinski definition) is 1. The van der Waals surface area contributed by atoms with Crippen LogP contribution < -0.4 is 20.3 Å². The first-order valence-corrected chi connectivity index (χ1v) is 14.4. The smallest absolute Gasteiger partial charge is 0.282 e. The summed E-state index contributed by atoms with van der Waals surface area (Å²) in [6, 6.07) is 25.3. The molecule has 44 heavy (non-hydrogen) atoms. The van der Waals surface area contributed by atoms with Crippen molar-refractivity contribution >= 4 is 55.6 Å². The molecule has 0 atom stereocenters. The molecule has 0 aliphatic carbocycles. The van der Waals surface area contributed by atoms with Crippen LogP contribution in [0.4, 0.5) is 10.1 Å². The summed E-state index contributed by atoms with van der Waals surface area (Å²) in [5.41, 5.74) is 1.69. The standard InChI is InChI=1S/C33H24BrFN4O5/c1-2-42-28-15-21(25(34)17-29(28)43-19-31(40)37-23-10-7-9-22(35)16-23)18-36-39-32(30-14-20-8-3-6-13-27(20)44-30)38-26-12-5-4-11-24(26)33(39)41/h3-18H,2,19H2,1H3,(H,37,40). The van der Waals surface area contributed by atoms with E-state index in [1.807, 2.05) is 43.3 Å². The lowest BCUT2D eigenvalue weighted by Crippen LogP contribution is -2.20. The monoisotopic (exact) mass is 654 g/mol. The highest BCUT2D eigenvalue weighted by atomic mass is 79.9. The summed E-state index contributed by atoms with van der Waals surface area (Å²) in [4.78, 5) is 30.8. The molecule has 0 fully saturated rings. The molecule has 6 aromatic rings. The summed E-state index contributed by atoms with van der Waals surface area (Å²) in [5, 5.41) is 8.39. The molecule has 11 heteroatoms. The van der Waals surface area contributed by atoms with Crippen LogP contribution in [-0.4, -0.2) is 35.0 Å². The van der Waals surface area contributed by atoms with Crippen molar-refractivity contribution in [1.29, 1.82) is 0 Å². The Morgan fingerprint density at radius 1 is 1.02 bits per heavy atom. The molecule has 1 amide bonds. The third-order valence-electron chi connectivity index (χ3n) is 6.54. The molecule has 9 nitrogen and oxygen atoms in total. The van der Waals surface area contributed by atoms with Crippen molar-refractivity contribution in [3.05, 3.63) is 117 Å². The second kappa shape index (κ2) is 12.5. The highest BCUT2D eigenvalue weighted by Gasteiger charge is 2.17. The van der Waals surface area contributed by atoms with Gasteiger partial charge in [-0.3, -0.25) is 9.59 Å². The number of anilines is 1. The van der Waals surface area contributed by atoms with Crippen LogP contribution >= 0.6 is 15.9 Å². The maximum atomic E-state index is 13.6. The van der Waals surface area contributed by atoms with Gasteiger partial charge in [-0.1, -0.05) is 36.4 Å². The predicted molar refractivity (Wildman–Crippen MR) is 170 cm³/mol. The van der Waals surface area contributed by atoms with Crippen LogP contribution in [0.3, 0.4) is 0 Å². The number of ether oxygens (including phenoxy) is 2. The third-order valence-corrected chi connectivity index (χ3v) is 7.23. The number of benzene rings is 4. The van der Waals surface area contributed by atoms with E-state index in [2.05, 4.69) is 26.3 Å². The van der Waals surface area contributed by atoms with E-state index in [0.717, 1.165) is 5.39 Å². The Labute approximate surface area is 258 Å². The van der Waals surface area contributed by atoms with Gasteiger partial charge in [-0.05, 0) is 77.5 Å². The lowest BCUT2D eigenvalue weighted by molar-refractivity contribution is -0.118. The van der Waals surface area contributed by atoms with E-state index < -0.39 is 11.7 Å². The van der Waals surface area contributed by atoms with E-state index >= 15 is 0 Å². The summed E-state index contributed by atoms with van der Waals surface area (Å²) in [6.07, 6.45) is 1.50. The molecule has 0 aliphatic rings. The van der Waals surface area contributed by atoms with Gasteiger partial charge in [-0.2, -0.15) is 9.78 Å². The number of amides is 1. The van der Waals surface area contributed by atoms with E-state index in [1.165, 1.54) is 29.1 Å². The topological polar surface area (TPSA) is 108 Å². The minimum Gasteiger partial charge on any atom is -0.490 e. The second-order valence-electron chi connectivity index (χ2n) is 9.56. The van der Waals surface area contributed by atoms with Gasteiger partial charge in [0.25, 0.3) is 11.5 Å². The third kappa shape index (κ3) is 6.09. The van der Waals surface area contributed by atoms with Crippen molar-refractivity contribution in [3.63, 3.8) is 0 Å². The van der Waals surface area contributed by atoms with Crippen molar-refractivity contribution in [1.82, 2.24) is 9.66 Å². The molecule has 4 aromatic carbocycles. The molecule has 0 saturated carbocycles. The molecule has 2 heterocycles. The number of carbonyl (C=O) groups is 1. The molecule has 2 aromatic heterocycles. The van der Waals surface area contributed by atoms with Gasteiger partial charge >= 0.3 is 0 Å². The molecule has 0 radical (unpaired) electrons. The quantitative estimate of drug-likeness (QED) is 0.168. The van der Waals surface area contributed by atoms with Crippen LogP contribution in [-0.2, 0) is 4.79 Å². The molecule has 0 aliphatic heterocycles. The highest BCUT2D eigenvalue weighted by molar-refractivity contribution is 9.10. The van der Waals surface area contributed by atoms with Crippen LogP contribution in [0.25, 0.3) is 33.5 Å². The molecule has 0 spiro atoms. The van der Waals surface area contributed by atoms with Gasteiger partial charge in [-0.15, -0.1) is 0 Å². The summed E-state index contributed by atoms with van der Waals surface area (Å²) >= 11 is 3.53. The van der Waals surface area contributed by atoms with Gasteiger partial charge in [0, 0.05) is 21.1 Å².